The number of thiophene rings is 1. The molecule has 0 saturated carbocycles. The molecule has 0 amide bonds. The van der Waals surface area contributed by atoms with Crippen LogP contribution in [-0.2, 0) is 5.41 Å². The zero-order valence-corrected chi connectivity index (χ0v) is 79.6. The summed E-state index contributed by atoms with van der Waals surface area (Å²) in [4.78, 5) is 0. The molecule has 0 fully saturated rings. The molecule has 0 atom stereocenters. The van der Waals surface area contributed by atoms with Crippen LogP contribution in [0.2, 0.25) is 0 Å². The summed E-state index contributed by atoms with van der Waals surface area (Å²) < 4.78 is 8.87. The van der Waals surface area contributed by atoms with Crippen LogP contribution in [0.1, 0.15) is 25.0 Å². The van der Waals surface area contributed by atoms with Crippen LogP contribution in [0.3, 0.4) is 0 Å². The van der Waals surface area contributed by atoms with E-state index in [-0.39, 0.29) is 5.41 Å². The minimum atomic E-state index is -0.0161. The van der Waals surface area contributed by atoms with Crippen LogP contribution in [-0.4, -0.2) is 0 Å². The van der Waals surface area contributed by atoms with Gasteiger partial charge in [0.2, 0.25) is 0 Å². The summed E-state index contributed by atoms with van der Waals surface area (Å²) in [6, 6.07) is 187. The van der Waals surface area contributed by atoms with Gasteiger partial charge in [0.1, 0.15) is 11.2 Å². The summed E-state index contributed by atoms with van der Waals surface area (Å²) in [6.45, 7) is 4.70. The molecule has 0 N–H and O–H groups in total. The smallest absolute Gasteiger partial charge is 0.136 e. The van der Waals surface area contributed by atoms with E-state index in [0.717, 1.165) is 16.6 Å². The van der Waals surface area contributed by atoms with Crippen molar-refractivity contribution in [1.82, 2.24) is 0 Å². The standard InChI is InChI=1S/C49H34.C46H28O.C46H28S/c1-49(2)44-24-12-11-22-42(44)48-35(23-13-25-45(48)49)31-26-28-32(29-27-31)46-38-18-7-9-20-40(38)47(41-21-10-8-19-39(41)46)43-30-33-14-3-4-15-34(33)36-16-5-6-17-37(36)43;2*1-2-13-32-31(12-1)28-41(35-15-4-3-14-34(32)35)45-38-18-7-5-16-36(38)44(37-17-6-8-19-39(37)45)30-26-24-29(25-27-30)33-21-11-23-43-46(33)40-20-9-10-22-42(40)47-43/h3-30H,1-2H3;2*1-28H. The molecule has 2 heterocycles. The van der Waals surface area contributed by atoms with Gasteiger partial charge in [0, 0.05) is 36.4 Å². The molecule has 0 radical (unpaired) electrons. The van der Waals surface area contributed by atoms with Crippen molar-refractivity contribution in [2.75, 3.05) is 0 Å². The maximum Gasteiger partial charge on any atom is 0.136 e. The van der Waals surface area contributed by atoms with Crippen LogP contribution in [0, 0.1) is 0 Å². The van der Waals surface area contributed by atoms with E-state index in [1.807, 2.05) is 23.5 Å². The van der Waals surface area contributed by atoms with Gasteiger partial charge in [0.25, 0.3) is 0 Å². The van der Waals surface area contributed by atoms with Crippen LogP contribution in [0.15, 0.2) is 514 Å². The molecule has 1 nitrogen and oxygen atoms in total. The van der Waals surface area contributed by atoms with Gasteiger partial charge in [-0.25, -0.2) is 0 Å². The van der Waals surface area contributed by atoms with Crippen LogP contribution >= 0.6 is 11.3 Å². The van der Waals surface area contributed by atoms with Crippen molar-refractivity contribution in [3.05, 3.63) is 521 Å². The van der Waals surface area contributed by atoms with E-state index in [1.165, 1.54) is 277 Å². The lowest BCUT2D eigenvalue weighted by atomic mass is 9.82. The second-order valence-corrected chi connectivity index (χ2v) is 39.9. The summed E-state index contributed by atoms with van der Waals surface area (Å²) >= 11 is 1.87. The van der Waals surface area contributed by atoms with E-state index in [2.05, 4.69) is 511 Å². The Morgan fingerprint density at radius 1 is 0.154 bits per heavy atom. The summed E-state index contributed by atoms with van der Waals surface area (Å²) in [5.41, 5.74) is 30.1. The Kier molecular flexibility index (Phi) is 19.6. The fourth-order valence-electron chi connectivity index (χ4n) is 24.4. The second-order valence-electron chi connectivity index (χ2n) is 38.8. The molecule has 30 rings (SSSR count). The lowest BCUT2D eigenvalue weighted by Crippen LogP contribution is -2.14. The normalized spacial score (nSPS) is 12.3. The van der Waals surface area contributed by atoms with Crippen molar-refractivity contribution in [3.8, 4) is 111 Å². The first-order valence-electron chi connectivity index (χ1n) is 49.7. The minimum Gasteiger partial charge on any atom is -0.456 e. The van der Waals surface area contributed by atoms with Crippen LogP contribution in [0.25, 0.3) is 283 Å². The van der Waals surface area contributed by atoms with Crippen molar-refractivity contribution >= 4 is 183 Å². The molecule has 27 aromatic carbocycles. The highest BCUT2D eigenvalue weighted by Crippen LogP contribution is 2.56. The summed E-state index contributed by atoms with van der Waals surface area (Å²) in [5, 5.41) is 35.6. The Balaban J connectivity index is 0.000000105. The van der Waals surface area contributed by atoms with E-state index in [4.69, 9.17) is 4.42 Å². The molecule has 0 bridgehead atoms. The zero-order valence-electron chi connectivity index (χ0n) is 78.8. The Morgan fingerprint density at radius 3 is 0.818 bits per heavy atom. The second kappa shape index (κ2) is 33.7. The van der Waals surface area contributed by atoms with E-state index in [0.29, 0.717) is 0 Å². The van der Waals surface area contributed by atoms with Crippen LogP contribution in [0.5, 0.6) is 0 Å². The molecular weight excluding hydrogens is 1740 g/mol. The zero-order chi connectivity index (χ0) is 94.5. The molecule has 1 aliphatic rings. The molecule has 0 saturated heterocycles. The number of rotatable bonds is 9. The Hall–Kier alpha value is -17.9. The highest BCUT2D eigenvalue weighted by molar-refractivity contribution is 7.26. The highest BCUT2D eigenvalue weighted by Gasteiger charge is 2.37. The molecular formula is C141H90OS. The third-order valence-corrected chi connectivity index (χ3v) is 31.9. The summed E-state index contributed by atoms with van der Waals surface area (Å²) in [5.74, 6) is 0. The largest absolute Gasteiger partial charge is 0.456 e. The molecule has 29 aromatic rings. The predicted molar refractivity (Wildman–Crippen MR) is 616 cm³/mol. The van der Waals surface area contributed by atoms with E-state index in [1.54, 1.807) is 0 Å². The highest BCUT2D eigenvalue weighted by atomic mass is 32.1. The Labute approximate surface area is 832 Å². The van der Waals surface area contributed by atoms with Gasteiger partial charge in [-0.05, 0) is 294 Å². The predicted octanol–water partition coefficient (Wildman–Crippen LogP) is 40.5. The van der Waals surface area contributed by atoms with E-state index >= 15 is 0 Å². The third kappa shape index (κ3) is 13.4. The van der Waals surface area contributed by atoms with Crippen molar-refractivity contribution in [1.29, 1.82) is 0 Å². The van der Waals surface area contributed by atoms with Crippen molar-refractivity contribution in [2.45, 2.75) is 19.3 Å². The summed E-state index contributed by atoms with van der Waals surface area (Å²) in [7, 11) is 0. The Bertz CT molecular complexity index is 9750. The molecule has 0 spiro atoms. The minimum absolute atomic E-state index is 0.0161. The van der Waals surface area contributed by atoms with Gasteiger partial charge in [0.15, 0.2) is 0 Å². The first-order chi connectivity index (χ1) is 70.8. The van der Waals surface area contributed by atoms with Gasteiger partial charge >= 0.3 is 0 Å². The van der Waals surface area contributed by atoms with Gasteiger partial charge in [0.05, 0.1) is 0 Å². The van der Waals surface area contributed by atoms with E-state index < -0.39 is 0 Å². The average molecular weight is 1830 g/mol. The maximum atomic E-state index is 6.20. The molecule has 0 aliphatic heterocycles. The first-order valence-corrected chi connectivity index (χ1v) is 50.5. The summed E-state index contributed by atoms with van der Waals surface area (Å²) in [6.07, 6.45) is 0. The number of fused-ring (bicyclic) bond motifs is 24. The quantitative estimate of drug-likeness (QED) is 0.104. The van der Waals surface area contributed by atoms with Gasteiger partial charge in [-0.2, -0.15) is 0 Å². The molecule has 2 heteroatoms. The number of hydrogen-bond donors (Lipinski definition) is 0. The molecule has 143 heavy (non-hydrogen) atoms. The fraction of sp³-hybridized carbons (Fsp3) is 0.0213. The fourth-order valence-corrected chi connectivity index (χ4v) is 25.6. The van der Waals surface area contributed by atoms with Crippen molar-refractivity contribution in [3.63, 3.8) is 0 Å². The Morgan fingerprint density at radius 2 is 0.413 bits per heavy atom. The van der Waals surface area contributed by atoms with E-state index in [9.17, 15) is 0 Å². The maximum absolute atomic E-state index is 6.20. The lowest BCUT2D eigenvalue weighted by molar-refractivity contribution is 0.660. The number of para-hydroxylation sites is 1. The van der Waals surface area contributed by atoms with Crippen molar-refractivity contribution in [2.24, 2.45) is 0 Å². The lowest BCUT2D eigenvalue weighted by Gasteiger charge is -2.21. The van der Waals surface area contributed by atoms with Crippen molar-refractivity contribution < 1.29 is 4.42 Å². The van der Waals surface area contributed by atoms with Gasteiger partial charge in [-0.3, -0.25) is 0 Å². The molecule has 1 aliphatic carbocycles. The SMILES string of the molecule is CC1(C)c2ccccc2-c2c(-c3ccc(-c4c5ccccc5c(-c5cc6ccccc6c6ccccc56)c5ccccc45)cc3)cccc21.c1ccc2c(c1)cc(-c1c3ccccc3c(-c3ccc(-c4cccc5oc6ccccc6c45)cc3)c3ccccc13)c1ccccc12.c1ccc2c(c1)cc(-c1c3ccccc3c(-c3ccc(-c4cccc5sc6ccccc6c45)cc3)c3ccccc13)c1ccccc12. The molecule has 666 valence electrons. The van der Waals surface area contributed by atoms with Gasteiger partial charge < -0.3 is 4.42 Å². The average Bonchev–Trinajstić information content (AvgIpc) is 0.823. The monoisotopic (exact) mass is 1830 g/mol. The topological polar surface area (TPSA) is 13.1 Å². The molecule has 2 aromatic heterocycles. The third-order valence-electron chi connectivity index (χ3n) is 30.8. The number of hydrogen-bond acceptors (Lipinski definition) is 2. The molecule has 0 unspecified atom stereocenters. The van der Waals surface area contributed by atoms with Crippen LogP contribution in [0.4, 0.5) is 0 Å². The number of benzene rings is 27. The van der Waals surface area contributed by atoms with Gasteiger partial charge in [-0.15, -0.1) is 11.3 Å². The first kappa shape index (κ1) is 83.3. The number of furan rings is 1. The van der Waals surface area contributed by atoms with Gasteiger partial charge in [-0.1, -0.05) is 481 Å². The van der Waals surface area contributed by atoms with Crippen LogP contribution < -0.4 is 0 Å².